The summed E-state index contributed by atoms with van der Waals surface area (Å²) in [5, 5.41) is 4.04. The minimum atomic E-state index is -0.0570. The van der Waals surface area contributed by atoms with Crippen LogP contribution >= 0.6 is 23.2 Å². The molecule has 0 bridgehead atoms. The molecule has 5 nitrogen and oxygen atoms in total. The van der Waals surface area contributed by atoms with Crippen molar-refractivity contribution in [3.63, 3.8) is 0 Å². The first-order valence-electron chi connectivity index (χ1n) is 10.8. The number of nitrogens with one attached hydrogen (secondary N) is 1. The third-order valence-corrected chi connectivity index (χ3v) is 7.28. The number of rotatable bonds is 6. The Morgan fingerprint density at radius 1 is 1.00 bits per heavy atom. The average Bonchev–Trinajstić information content (AvgIpc) is 3.42. The van der Waals surface area contributed by atoms with Gasteiger partial charge in [-0.2, -0.15) is 0 Å². The van der Waals surface area contributed by atoms with Gasteiger partial charge in [-0.25, -0.2) is 0 Å². The molecule has 1 aromatic carbocycles. The largest absolute Gasteiger partial charge is 0.354 e. The Labute approximate surface area is 182 Å². The summed E-state index contributed by atoms with van der Waals surface area (Å²) in [6.45, 7) is 3.52. The van der Waals surface area contributed by atoms with Gasteiger partial charge >= 0.3 is 0 Å². The number of benzene rings is 1. The van der Waals surface area contributed by atoms with Crippen LogP contribution in [0.1, 0.15) is 48.9 Å². The third kappa shape index (κ3) is 5.07. The molecule has 2 aliphatic carbocycles. The minimum Gasteiger partial charge on any atom is -0.354 e. The van der Waals surface area contributed by atoms with Crippen molar-refractivity contribution < 1.29 is 9.59 Å². The summed E-state index contributed by atoms with van der Waals surface area (Å²) < 4.78 is 0. The van der Waals surface area contributed by atoms with E-state index in [1.165, 1.54) is 25.7 Å². The number of hydrogen-bond donors (Lipinski definition) is 1. The number of piperazine rings is 1. The van der Waals surface area contributed by atoms with Gasteiger partial charge in [0, 0.05) is 38.3 Å². The summed E-state index contributed by atoms with van der Waals surface area (Å²) in [6.07, 6.45) is 7.17. The summed E-state index contributed by atoms with van der Waals surface area (Å²) in [6, 6.07) is 4.95. The maximum atomic E-state index is 13.0. The van der Waals surface area contributed by atoms with Crippen molar-refractivity contribution in [2.24, 2.45) is 11.8 Å². The van der Waals surface area contributed by atoms with Crippen LogP contribution in [-0.2, 0) is 4.79 Å². The zero-order chi connectivity index (χ0) is 20.4. The van der Waals surface area contributed by atoms with E-state index in [-0.39, 0.29) is 17.9 Å². The van der Waals surface area contributed by atoms with Gasteiger partial charge in [0.25, 0.3) is 5.91 Å². The van der Waals surface area contributed by atoms with Gasteiger partial charge in [-0.15, -0.1) is 0 Å². The van der Waals surface area contributed by atoms with Crippen LogP contribution in [0.5, 0.6) is 0 Å². The summed E-state index contributed by atoms with van der Waals surface area (Å²) in [5.41, 5.74) is 0.558. The normalized spacial score (nSPS) is 21.9. The SMILES string of the molecule is O=C(NCC1CC1)[C@@H](C1CCCC1)N1CCN(C(=O)c2ccc(Cl)c(Cl)c2)CC1. The van der Waals surface area contributed by atoms with E-state index < -0.39 is 0 Å². The van der Waals surface area contributed by atoms with Gasteiger partial charge < -0.3 is 10.2 Å². The molecular formula is C22H29Cl2N3O2. The predicted molar refractivity (Wildman–Crippen MR) is 115 cm³/mol. The quantitative estimate of drug-likeness (QED) is 0.735. The van der Waals surface area contributed by atoms with E-state index in [1.54, 1.807) is 18.2 Å². The molecule has 1 N–H and O–H groups in total. The van der Waals surface area contributed by atoms with E-state index in [2.05, 4.69) is 10.2 Å². The molecule has 1 saturated heterocycles. The summed E-state index contributed by atoms with van der Waals surface area (Å²) >= 11 is 12.0. The second-order valence-electron chi connectivity index (χ2n) is 8.63. The van der Waals surface area contributed by atoms with Crippen molar-refractivity contribution in [1.82, 2.24) is 15.1 Å². The van der Waals surface area contributed by atoms with Crippen molar-refractivity contribution in [3.8, 4) is 0 Å². The Hall–Kier alpha value is -1.30. The lowest BCUT2D eigenvalue weighted by Gasteiger charge is -2.40. The minimum absolute atomic E-state index is 0.0289. The highest BCUT2D eigenvalue weighted by atomic mass is 35.5. The highest BCUT2D eigenvalue weighted by molar-refractivity contribution is 6.42. The van der Waals surface area contributed by atoms with E-state index in [1.807, 2.05) is 4.90 Å². The lowest BCUT2D eigenvalue weighted by molar-refractivity contribution is -0.129. The lowest BCUT2D eigenvalue weighted by Crippen LogP contribution is -2.58. The van der Waals surface area contributed by atoms with Crippen LogP contribution in [0.2, 0.25) is 10.0 Å². The van der Waals surface area contributed by atoms with E-state index in [9.17, 15) is 9.59 Å². The second kappa shape index (κ2) is 9.23. The summed E-state index contributed by atoms with van der Waals surface area (Å²) in [7, 11) is 0. The van der Waals surface area contributed by atoms with E-state index in [0.717, 1.165) is 32.5 Å². The van der Waals surface area contributed by atoms with Crippen LogP contribution in [-0.4, -0.2) is 60.4 Å². The smallest absolute Gasteiger partial charge is 0.253 e. The molecule has 0 aromatic heterocycles. The highest BCUT2D eigenvalue weighted by Crippen LogP contribution is 2.32. The maximum absolute atomic E-state index is 13.0. The fourth-order valence-corrected chi connectivity index (χ4v) is 4.94. The number of halogens is 2. The van der Waals surface area contributed by atoms with Gasteiger partial charge in [-0.3, -0.25) is 14.5 Å². The van der Waals surface area contributed by atoms with Crippen LogP contribution in [0.3, 0.4) is 0 Å². The number of carbonyl (C=O) groups excluding carboxylic acids is 2. The number of hydrogen-bond acceptors (Lipinski definition) is 3. The fourth-order valence-electron chi connectivity index (χ4n) is 4.64. The molecule has 0 spiro atoms. The first kappa shape index (κ1) is 21.0. The molecule has 1 aromatic rings. The van der Waals surface area contributed by atoms with Gasteiger partial charge in [0.05, 0.1) is 16.1 Å². The molecule has 1 heterocycles. The molecule has 4 rings (SSSR count). The number of nitrogens with zero attached hydrogens (tertiary/aromatic N) is 2. The molecule has 7 heteroatoms. The molecule has 158 valence electrons. The third-order valence-electron chi connectivity index (χ3n) is 6.54. The molecule has 2 amide bonds. The van der Waals surface area contributed by atoms with E-state index in [0.29, 0.717) is 40.5 Å². The summed E-state index contributed by atoms with van der Waals surface area (Å²) in [5.74, 6) is 1.28. The van der Waals surface area contributed by atoms with Crippen molar-refractivity contribution in [2.75, 3.05) is 32.7 Å². The molecular weight excluding hydrogens is 409 g/mol. The second-order valence-corrected chi connectivity index (χ2v) is 9.45. The Morgan fingerprint density at radius 3 is 2.31 bits per heavy atom. The lowest BCUT2D eigenvalue weighted by atomic mass is 9.95. The number of carbonyl (C=O) groups is 2. The Balaban J connectivity index is 1.38. The zero-order valence-corrected chi connectivity index (χ0v) is 18.2. The fraction of sp³-hybridized carbons (Fsp3) is 0.636. The van der Waals surface area contributed by atoms with Crippen molar-refractivity contribution >= 4 is 35.0 Å². The molecule has 29 heavy (non-hydrogen) atoms. The topological polar surface area (TPSA) is 52.7 Å². The molecule has 0 radical (unpaired) electrons. The molecule has 1 atom stereocenters. The Bertz CT molecular complexity index is 754. The standard InChI is InChI=1S/C22H29Cl2N3O2/c23-18-8-7-17(13-19(18)24)22(29)27-11-9-26(10-12-27)20(16-3-1-2-4-16)21(28)25-14-15-5-6-15/h7-8,13,15-16,20H,1-6,9-12,14H2,(H,25,28)/t20-/m1/s1. The molecule has 0 unspecified atom stereocenters. The van der Waals surface area contributed by atoms with Crippen molar-refractivity contribution in [1.29, 1.82) is 0 Å². The first-order chi connectivity index (χ1) is 14.0. The van der Waals surface area contributed by atoms with Crippen LogP contribution in [0.15, 0.2) is 18.2 Å². The summed E-state index contributed by atoms with van der Waals surface area (Å²) in [4.78, 5) is 30.0. The Kier molecular flexibility index (Phi) is 6.67. The van der Waals surface area contributed by atoms with E-state index in [4.69, 9.17) is 23.2 Å². The Morgan fingerprint density at radius 2 is 1.69 bits per heavy atom. The predicted octanol–water partition coefficient (Wildman–Crippen LogP) is 3.84. The molecule has 1 aliphatic heterocycles. The monoisotopic (exact) mass is 437 g/mol. The highest BCUT2D eigenvalue weighted by Gasteiger charge is 2.37. The first-order valence-corrected chi connectivity index (χ1v) is 11.5. The van der Waals surface area contributed by atoms with Crippen LogP contribution in [0.25, 0.3) is 0 Å². The van der Waals surface area contributed by atoms with Crippen molar-refractivity contribution in [3.05, 3.63) is 33.8 Å². The van der Waals surface area contributed by atoms with Gasteiger partial charge in [-0.1, -0.05) is 36.0 Å². The van der Waals surface area contributed by atoms with Crippen LogP contribution in [0.4, 0.5) is 0 Å². The van der Waals surface area contributed by atoms with Gasteiger partial charge in [0.15, 0.2) is 0 Å². The van der Waals surface area contributed by atoms with Crippen LogP contribution in [0, 0.1) is 11.8 Å². The van der Waals surface area contributed by atoms with Crippen molar-refractivity contribution in [2.45, 2.75) is 44.6 Å². The zero-order valence-electron chi connectivity index (χ0n) is 16.7. The van der Waals surface area contributed by atoms with Crippen LogP contribution < -0.4 is 5.32 Å². The van der Waals surface area contributed by atoms with E-state index >= 15 is 0 Å². The maximum Gasteiger partial charge on any atom is 0.253 e. The number of amides is 2. The molecule has 2 saturated carbocycles. The van der Waals surface area contributed by atoms with Gasteiger partial charge in [-0.05, 0) is 55.7 Å². The van der Waals surface area contributed by atoms with Gasteiger partial charge in [0.2, 0.25) is 5.91 Å². The van der Waals surface area contributed by atoms with Gasteiger partial charge in [0.1, 0.15) is 0 Å². The molecule has 3 fully saturated rings. The molecule has 3 aliphatic rings. The average molecular weight is 438 g/mol.